The van der Waals surface area contributed by atoms with Crippen molar-refractivity contribution in [1.29, 1.82) is 0 Å². The number of anilines is 1. The molecule has 7 nitrogen and oxygen atoms in total. The maximum absolute atomic E-state index is 12.3. The Morgan fingerprint density at radius 2 is 2.29 bits per heavy atom. The van der Waals surface area contributed by atoms with Crippen LogP contribution < -0.4 is 10.1 Å². The monoisotopic (exact) mass is 398 g/mol. The first-order chi connectivity index (χ1) is 13.7. The first kappa shape index (κ1) is 18.6. The molecule has 28 heavy (non-hydrogen) atoms. The van der Waals surface area contributed by atoms with E-state index < -0.39 is 0 Å². The number of carbonyl (C=O) groups is 1. The molecule has 1 fully saturated rings. The molecule has 0 spiro atoms. The lowest BCUT2D eigenvalue weighted by Crippen LogP contribution is -2.22. The minimum atomic E-state index is -0.214. The second kappa shape index (κ2) is 8.53. The summed E-state index contributed by atoms with van der Waals surface area (Å²) in [4.78, 5) is 19.1. The van der Waals surface area contributed by atoms with Crippen LogP contribution in [-0.4, -0.2) is 34.6 Å². The Bertz CT molecular complexity index is 925. The van der Waals surface area contributed by atoms with Gasteiger partial charge in [-0.25, -0.2) is 0 Å². The lowest BCUT2D eigenvalue weighted by Gasteiger charge is -2.21. The molecule has 1 amide bonds. The summed E-state index contributed by atoms with van der Waals surface area (Å²) in [5.74, 6) is 1.32. The van der Waals surface area contributed by atoms with Crippen molar-refractivity contribution in [3.63, 3.8) is 0 Å². The molecule has 4 rings (SSSR count). The molecule has 1 atom stereocenters. The number of aromatic nitrogens is 2. The number of thiophene rings is 1. The predicted octanol–water partition coefficient (Wildman–Crippen LogP) is 3.66. The average molecular weight is 398 g/mol. The summed E-state index contributed by atoms with van der Waals surface area (Å²) >= 11 is 1.72. The number of methoxy groups -OCH3 is 1. The van der Waals surface area contributed by atoms with E-state index in [0.29, 0.717) is 35.7 Å². The molecule has 8 heteroatoms. The third-order valence-corrected chi connectivity index (χ3v) is 5.54. The third-order valence-electron chi connectivity index (χ3n) is 4.84. The zero-order valence-corrected chi connectivity index (χ0v) is 16.4. The fourth-order valence-electron chi connectivity index (χ4n) is 3.54. The quantitative estimate of drug-likeness (QED) is 0.654. The van der Waals surface area contributed by atoms with E-state index in [4.69, 9.17) is 9.26 Å². The SMILES string of the molecule is COc1ccccc1NC(=O)Cc1noc(CN2CCCC2c2ccsc2)n1. The highest BCUT2D eigenvalue weighted by Gasteiger charge is 2.28. The lowest BCUT2D eigenvalue weighted by molar-refractivity contribution is -0.115. The topological polar surface area (TPSA) is 80.5 Å². The summed E-state index contributed by atoms with van der Waals surface area (Å²) in [6.45, 7) is 1.61. The summed E-state index contributed by atoms with van der Waals surface area (Å²) < 4.78 is 10.6. The van der Waals surface area contributed by atoms with Gasteiger partial charge < -0.3 is 14.6 Å². The van der Waals surface area contributed by atoms with E-state index in [1.54, 1.807) is 30.6 Å². The van der Waals surface area contributed by atoms with Crippen LogP contribution in [0.5, 0.6) is 5.75 Å². The molecule has 0 saturated carbocycles. The van der Waals surface area contributed by atoms with Gasteiger partial charge in [-0.05, 0) is 53.9 Å². The van der Waals surface area contributed by atoms with Gasteiger partial charge in [0, 0.05) is 6.04 Å². The van der Waals surface area contributed by atoms with Crippen molar-refractivity contribution in [2.24, 2.45) is 0 Å². The zero-order valence-electron chi connectivity index (χ0n) is 15.6. The molecule has 0 aliphatic carbocycles. The Morgan fingerprint density at radius 3 is 3.11 bits per heavy atom. The van der Waals surface area contributed by atoms with Crippen LogP contribution in [0, 0.1) is 0 Å². The summed E-state index contributed by atoms with van der Waals surface area (Å²) in [5, 5.41) is 11.1. The van der Waals surface area contributed by atoms with Gasteiger partial charge in [-0.15, -0.1) is 0 Å². The number of para-hydroxylation sites is 2. The Labute approximate surface area is 167 Å². The van der Waals surface area contributed by atoms with Crippen LogP contribution >= 0.6 is 11.3 Å². The van der Waals surface area contributed by atoms with Crippen molar-refractivity contribution in [3.8, 4) is 5.75 Å². The Hall–Kier alpha value is -2.71. The fourth-order valence-corrected chi connectivity index (χ4v) is 4.25. The average Bonchev–Trinajstić information content (AvgIpc) is 3.44. The predicted molar refractivity (Wildman–Crippen MR) is 106 cm³/mol. The molecular weight excluding hydrogens is 376 g/mol. The van der Waals surface area contributed by atoms with E-state index in [2.05, 4.69) is 37.2 Å². The van der Waals surface area contributed by atoms with Crippen LogP contribution in [0.3, 0.4) is 0 Å². The molecule has 1 aliphatic heterocycles. The minimum absolute atomic E-state index is 0.0511. The van der Waals surface area contributed by atoms with Crippen LogP contribution in [0.4, 0.5) is 5.69 Å². The second-order valence-electron chi connectivity index (χ2n) is 6.71. The molecule has 1 N–H and O–H groups in total. The third kappa shape index (κ3) is 4.23. The van der Waals surface area contributed by atoms with Crippen LogP contribution in [0.1, 0.15) is 36.2 Å². The zero-order chi connectivity index (χ0) is 19.3. The summed E-state index contributed by atoms with van der Waals surface area (Å²) in [6.07, 6.45) is 2.34. The van der Waals surface area contributed by atoms with Crippen molar-refractivity contribution < 1.29 is 14.1 Å². The molecule has 1 aliphatic rings. The maximum atomic E-state index is 12.3. The largest absolute Gasteiger partial charge is 0.495 e. The molecule has 0 bridgehead atoms. The van der Waals surface area contributed by atoms with Gasteiger partial charge in [0.05, 0.1) is 25.8 Å². The van der Waals surface area contributed by atoms with Crippen molar-refractivity contribution in [2.45, 2.75) is 31.8 Å². The smallest absolute Gasteiger partial charge is 0.240 e. The highest BCUT2D eigenvalue weighted by molar-refractivity contribution is 7.07. The molecule has 1 aromatic carbocycles. The molecule has 3 heterocycles. The molecule has 1 unspecified atom stereocenters. The number of ether oxygens (including phenoxy) is 1. The number of likely N-dealkylation sites (tertiary alicyclic amines) is 1. The standard InChI is InChI=1S/C20H22N4O3S/c1-26-17-7-3-2-5-15(17)21-19(25)11-18-22-20(27-23-18)12-24-9-4-6-16(24)14-8-10-28-13-14/h2-3,5,7-8,10,13,16H,4,6,9,11-12H2,1H3,(H,21,25). The van der Waals surface area contributed by atoms with Crippen LogP contribution in [0.2, 0.25) is 0 Å². The van der Waals surface area contributed by atoms with Crippen molar-refractivity contribution in [2.75, 3.05) is 19.0 Å². The number of amides is 1. The van der Waals surface area contributed by atoms with Crippen LogP contribution in [0.15, 0.2) is 45.6 Å². The van der Waals surface area contributed by atoms with Crippen LogP contribution in [0.25, 0.3) is 0 Å². The van der Waals surface area contributed by atoms with Gasteiger partial charge in [0.1, 0.15) is 5.75 Å². The highest BCUT2D eigenvalue weighted by atomic mass is 32.1. The highest BCUT2D eigenvalue weighted by Crippen LogP contribution is 2.33. The molecule has 1 saturated heterocycles. The van der Waals surface area contributed by atoms with Gasteiger partial charge in [-0.1, -0.05) is 17.3 Å². The van der Waals surface area contributed by atoms with E-state index in [1.165, 1.54) is 5.56 Å². The maximum Gasteiger partial charge on any atom is 0.240 e. The Morgan fingerprint density at radius 1 is 1.39 bits per heavy atom. The Balaban J connectivity index is 1.36. The number of nitrogens with one attached hydrogen (secondary N) is 1. The number of nitrogens with zero attached hydrogens (tertiary/aromatic N) is 3. The molecule has 146 valence electrons. The van der Waals surface area contributed by atoms with E-state index in [-0.39, 0.29) is 12.3 Å². The van der Waals surface area contributed by atoms with Gasteiger partial charge >= 0.3 is 0 Å². The van der Waals surface area contributed by atoms with Crippen molar-refractivity contribution in [3.05, 3.63) is 58.4 Å². The first-order valence-corrected chi connectivity index (χ1v) is 10.2. The summed E-state index contributed by atoms with van der Waals surface area (Å²) in [7, 11) is 1.57. The number of hydrogen-bond donors (Lipinski definition) is 1. The van der Waals surface area contributed by atoms with E-state index in [9.17, 15) is 4.79 Å². The minimum Gasteiger partial charge on any atom is -0.495 e. The number of carbonyl (C=O) groups excluding carboxylic acids is 1. The lowest BCUT2D eigenvalue weighted by atomic mass is 10.1. The number of rotatable bonds is 7. The molecule has 2 aromatic heterocycles. The molecule has 0 radical (unpaired) electrons. The second-order valence-corrected chi connectivity index (χ2v) is 7.49. The first-order valence-electron chi connectivity index (χ1n) is 9.23. The summed E-state index contributed by atoms with van der Waals surface area (Å²) in [6, 6.07) is 9.84. The van der Waals surface area contributed by atoms with Gasteiger partial charge in [0.15, 0.2) is 5.82 Å². The van der Waals surface area contributed by atoms with Gasteiger partial charge in [0.2, 0.25) is 11.8 Å². The van der Waals surface area contributed by atoms with Crippen molar-refractivity contribution in [1.82, 2.24) is 15.0 Å². The van der Waals surface area contributed by atoms with Crippen LogP contribution in [-0.2, 0) is 17.8 Å². The van der Waals surface area contributed by atoms with Gasteiger partial charge in [-0.2, -0.15) is 16.3 Å². The van der Waals surface area contributed by atoms with E-state index >= 15 is 0 Å². The van der Waals surface area contributed by atoms with Gasteiger partial charge in [0.25, 0.3) is 0 Å². The summed E-state index contributed by atoms with van der Waals surface area (Å²) in [5.41, 5.74) is 1.97. The number of benzene rings is 1. The van der Waals surface area contributed by atoms with Crippen molar-refractivity contribution >= 4 is 22.9 Å². The molecular formula is C20H22N4O3S. The van der Waals surface area contributed by atoms with E-state index in [1.807, 2.05) is 12.1 Å². The number of hydrogen-bond acceptors (Lipinski definition) is 7. The van der Waals surface area contributed by atoms with E-state index in [0.717, 1.165) is 19.4 Å². The molecule has 3 aromatic rings. The Kier molecular flexibility index (Phi) is 5.68. The van der Waals surface area contributed by atoms with Gasteiger partial charge in [-0.3, -0.25) is 9.69 Å². The fraction of sp³-hybridized carbons (Fsp3) is 0.350. The normalized spacial score (nSPS) is 17.0.